The molecule has 40 heteroatoms. The molecule has 0 saturated carbocycles. The summed E-state index contributed by atoms with van der Waals surface area (Å²) in [5, 5.41) is 254. The number of ether oxygens (including phenoxy) is 16. The van der Waals surface area contributed by atoms with Crippen LogP contribution >= 0.6 is 0 Å². The molecule has 0 aromatic rings. The molecule has 30 aliphatic heterocycles. The normalized spacial score (nSPS) is 55.3. The second kappa shape index (κ2) is 29.8. The Morgan fingerprint density at radius 2 is 0.330 bits per heavy atom. The molecule has 16 bridgehead atoms. The van der Waals surface area contributed by atoms with Crippen molar-refractivity contribution in [2.24, 2.45) is 0 Å². The maximum atomic E-state index is 12.5. The molecule has 30 aliphatic rings. The van der Waals surface area contributed by atoms with Gasteiger partial charge in [-0.15, -0.1) is 0 Å². The Morgan fingerprint density at radius 3 is 0.477 bits per heavy atom. The summed E-state index contributed by atoms with van der Waals surface area (Å²) < 4.78 is 90.7. The molecule has 30 rings (SSSR count). The van der Waals surface area contributed by atoms with E-state index in [0.29, 0.717) is 0 Å². The number of hydrogen-bond donors (Lipinski definition) is 23. The van der Waals surface area contributed by atoms with Crippen LogP contribution in [0.2, 0.25) is 0 Å². The van der Waals surface area contributed by atoms with Gasteiger partial charge >= 0.3 is 0 Å². The highest BCUT2D eigenvalue weighted by molar-refractivity contribution is 5.57. The summed E-state index contributed by atoms with van der Waals surface area (Å²) in [6, 6.07) is 0. The summed E-state index contributed by atoms with van der Waals surface area (Å²) in [6.45, 7) is -7.63. The van der Waals surface area contributed by atoms with Crippen LogP contribution in [0, 0.1) is 0 Å². The molecule has 0 unspecified atom stereocenters. The first-order valence-electron chi connectivity index (χ1n) is 28.0. The third kappa shape index (κ3) is 13.7. The summed E-state index contributed by atoms with van der Waals surface area (Å²) in [4.78, 5) is 12.5. The highest BCUT2D eigenvalue weighted by atomic mass is 16.8. The Morgan fingerprint density at radius 1 is 0.193 bits per heavy atom. The summed E-state index contributed by atoms with van der Waals surface area (Å²) in [5.74, 6) is 0. The van der Waals surface area contributed by atoms with Gasteiger partial charge in [0.25, 0.3) is 0 Å². The lowest BCUT2D eigenvalue weighted by Crippen LogP contribution is -2.69. The van der Waals surface area contributed by atoms with Gasteiger partial charge < -0.3 is 198 Å². The van der Waals surface area contributed by atoms with Crippen LogP contribution in [0.4, 0.5) is 0 Å². The fraction of sp³-hybridized carbons (Fsp3) is 0.979. The molecule has 0 aromatic carbocycles. The standard InChI is InChI=1S/C48H78O40/c49-1-9-33-17(57)25(65)41(73-9)82-34-10(2-50)75-43(27(67)19(34)59)84-36-12(4-52)77-45(29(69)21(36)61)86-38-14(6-54)79-47(31(71)23(38)63)88-40-16(8-56)80-48(32(72)24(40)64)87-39-15(7-55)78-46(30(70)22(39)62)85-37-13(5-53)76-44(28(68)20(37)60)83-35-11(3-51)74-42(81-33)26(66)18(35)58/h1,9-48,50-72H,2-8H2/t9-,10-,11-,12-,13-,14-,15-,16-,17-,18-,19-,20-,21-,22-,23-,24-,25-,26-,27-,28-,29-,30-,31-,32-,33-,34-,35-,36-,37-,38-,39-,40-,41-,42+,43-,44-,45-,46-,47-,48-/m1/s1. The van der Waals surface area contributed by atoms with Crippen molar-refractivity contribution in [3.63, 3.8) is 0 Å². The van der Waals surface area contributed by atoms with E-state index >= 15 is 0 Å². The summed E-state index contributed by atoms with van der Waals surface area (Å²) in [6.07, 6.45) is -82.9. The quantitative estimate of drug-likeness (QED) is 0.100. The van der Waals surface area contributed by atoms with Gasteiger partial charge in [-0.2, -0.15) is 0 Å². The maximum Gasteiger partial charge on any atom is 0.187 e. The van der Waals surface area contributed by atoms with Gasteiger partial charge in [0.2, 0.25) is 0 Å². The zero-order valence-corrected chi connectivity index (χ0v) is 45.8. The molecule has 40 atom stereocenters. The molecule has 30 heterocycles. The first-order valence-corrected chi connectivity index (χ1v) is 28.0. The van der Waals surface area contributed by atoms with E-state index in [0.717, 1.165) is 0 Å². The van der Waals surface area contributed by atoms with Crippen LogP contribution in [0.1, 0.15) is 0 Å². The molecule has 0 spiro atoms. The number of hydrogen-bond acceptors (Lipinski definition) is 40. The van der Waals surface area contributed by atoms with E-state index in [-0.39, 0.29) is 6.29 Å². The molecule has 30 fully saturated rings. The van der Waals surface area contributed by atoms with Crippen molar-refractivity contribution in [1.29, 1.82) is 0 Å². The second-order valence-corrected chi connectivity index (χ2v) is 22.3. The van der Waals surface area contributed by atoms with Crippen molar-refractivity contribution in [3.8, 4) is 0 Å². The number of aliphatic hydroxyl groups excluding tert-OH is 23. The SMILES string of the molecule is O=C[C@H]1O[C@@H]2O[C@H]3[C@H](O)[C@@H](O)[C@@H](O[C@H]4[C@H](O)[C@@H](O)[C@@H](O[C@H]5[C@H](O)[C@@H](O)[C@@H](O[C@H]6[C@H](O)[C@@H](O)[C@@H](O[C@H]7[C@H](O)[C@@H](O)[C@@H](O[C@H]8[C@H](O)[C@@H](O)[C@@H](O[C@H]9[C@H](O)[C@@H](O)[C@H](O[C@H]1[C@H](O)[C@H]2O)O[C@@H]9CO)O[C@@H]8CO)O[C@@H]7CO)O[C@@H]6CO)O[C@@H]5CO)O[C@@H]4CO)O[C@@H]3CO. The number of aldehydes is 1. The number of aliphatic hydroxyl groups is 23. The van der Waals surface area contributed by atoms with Gasteiger partial charge in [-0.3, -0.25) is 0 Å². The third-order valence-electron chi connectivity index (χ3n) is 16.8. The van der Waals surface area contributed by atoms with Crippen LogP contribution in [-0.4, -0.2) is 416 Å². The first kappa shape index (κ1) is 70.4. The van der Waals surface area contributed by atoms with Crippen LogP contribution in [-0.2, 0) is 80.6 Å². The minimum atomic E-state index is -2.30. The molecule has 88 heavy (non-hydrogen) atoms. The lowest BCUT2D eigenvalue weighted by atomic mass is 9.95. The molecule has 23 N–H and O–H groups in total. The zero-order valence-electron chi connectivity index (χ0n) is 45.8. The average molecular weight is 1300 g/mol. The predicted molar refractivity (Wildman–Crippen MR) is 260 cm³/mol. The molecular formula is C48H78O40. The topological polar surface area (TPSA) is 630 Å². The first-order chi connectivity index (χ1) is 41.9. The van der Waals surface area contributed by atoms with Gasteiger partial charge in [0.05, 0.1) is 46.2 Å². The number of carbonyl (C=O) groups excluding carboxylic acids is 1. The van der Waals surface area contributed by atoms with Gasteiger partial charge in [-0.25, -0.2) is 0 Å². The van der Waals surface area contributed by atoms with Crippen LogP contribution in [0.25, 0.3) is 0 Å². The fourth-order valence-corrected chi connectivity index (χ4v) is 11.8. The van der Waals surface area contributed by atoms with Crippen molar-refractivity contribution < 1.29 is 198 Å². The van der Waals surface area contributed by atoms with Crippen molar-refractivity contribution in [1.82, 2.24) is 0 Å². The van der Waals surface area contributed by atoms with E-state index < -0.39 is 292 Å². The van der Waals surface area contributed by atoms with Crippen LogP contribution in [0.3, 0.4) is 0 Å². The van der Waals surface area contributed by atoms with Crippen molar-refractivity contribution in [2.75, 3.05) is 46.2 Å². The summed E-state index contributed by atoms with van der Waals surface area (Å²) in [5.41, 5.74) is 0. The Labute approximate surface area is 495 Å². The molecule has 0 radical (unpaired) electrons. The third-order valence-corrected chi connectivity index (χ3v) is 16.8. The van der Waals surface area contributed by atoms with Gasteiger partial charge in [0.1, 0.15) is 195 Å². The van der Waals surface area contributed by atoms with Crippen molar-refractivity contribution in [2.45, 2.75) is 246 Å². The largest absolute Gasteiger partial charge is 0.394 e. The lowest BCUT2D eigenvalue weighted by Gasteiger charge is -2.50. The number of rotatable bonds is 8. The Kier molecular flexibility index (Phi) is 23.9. The van der Waals surface area contributed by atoms with E-state index in [9.17, 15) is 122 Å². The smallest absolute Gasteiger partial charge is 0.187 e. The molecule has 0 amide bonds. The highest BCUT2D eigenvalue weighted by Crippen LogP contribution is 2.39. The summed E-state index contributed by atoms with van der Waals surface area (Å²) in [7, 11) is 0. The van der Waals surface area contributed by atoms with Gasteiger partial charge in [-0.1, -0.05) is 0 Å². The average Bonchev–Trinajstić information content (AvgIpc) is 1.09. The van der Waals surface area contributed by atoms with Crippen LogP contribution < -0.4 is 0 Å². The minimum Gasteiger partial charge on any atom is -0.394 e. The lowest BCUT2D eigenvalue weighted by molar-refractivity contribution is -0.402. The molecule has 0 aromatic heterocycles. The second-order valence-electron chi connectivity index (χ2n) is 22.3. The monoisotopic (exact) mass is 1290 g/mol. The Hall–Kier alpha value is -1.89. The van der Waals surface area contributed by atoms with Crippen molar-refractivity contribution in [3.05, 3.63) is 0 Å². The maximum absolute atomic E-state index is 12.5. The minimum absolute atomic E-state index is 0.0186. The van der Waals surface area contributed by atoms with Crippen LogP contribution in [0.5, 0.6) is 0 Å². The zero-order chi connectivity index (χ0) is 64.1. The molecular weight excluding hydrogens is 1220 g/mol. The van der Waals surface area contributed by atoms with E-state index in [4.69, 9.17) is 75.8 Å². The van der Waals surface area contributed by atoms with Gasteiger partial charge in [0.15, 0.2) is 56.6 Å². The molecule has 0 aliphatic carbocycles. The Bertz CT molecular complexity index is 2160. The van der Waals surface area contributed by atoms with Crippen molar-refractivity contribution >= 4 is 6.29 Å². The summed E-state index contributed by atoms with van der Waals surface area (Å²) >= 11 is 0. The highest BCUT2D eigenvalue weighted by Gasteiger charge is 2.60. The fourth-order valence-electron chi connectivity index (χ4n) is 11.8. The molecule has 510 valence electrons. The number of carbonyl (C=O) groups is 1. The molecule has 40 nitrogen and oxygen atoms in total. The van der Waals surface area contributed by atoms with E-state index in [2.05, 4.69) is 0 Å². The predicted octanol–water partition coefficient (Wildman–Crippen LogP) is -17.2. The van der Waals surface area contributed by atoms with E-state index in [1.54, 1.807) is 0 Å². The van der Waals surface area contributed by atoms with E-state index in [1.165, 1.54) is 0 Å². The van der Waals surface area contributed by atoms with Gasteiger partial charge in [-0.05, 0) is 0 Å². The van der Waals surface area contributed by atoms with Crippen LogP contribution in [0.15, 0.2) is 0 Å². The Balaban J connectivity index is 0.976. The van der Waals surface area contributed by atoms with E-state index in [1.807, 2.05) is 0 Å². The molecule has 30 saturated heterocycles. The van der Waals surface area contributed by atoms with Gasteiger partial charge in [0, 0.05) is 0 Å².